The van der Waals surface area contributed by atoms with Gasteiger partial charge in [0.2, 0.25) is 0 Å². The summed E-state index contributed by atoms with van der Waals surface area (Å²) in [6, 6.07) is -0.211. The molecule has 2 heterocycles. The zero-order chi connectivity index (χ0) is 15.9. The molecule has 0 spiro atoms. The topological polar surface area (TPSA) is 82.5 Å². The summed E-state index contributed by atoms with van der Waals surface area (Å²) in [5, 5.41) is 15.3. The maximum atomic E-state index is 12.5. The molecule has 2 amide bonds. The van der Waals surface area contributed by atoms with Gasteiger partial charge >= 0.3 is 12.0 Å². The van der Waals surface area contributed by atoms with Gasteiger partial charge in [0.15, 0.2) is 0 Å². The van der Waals surface area contributed by atoms with Crippen molar-refractivity contribution in [2.75, 3.05) is 13.1 Å². The second-order valence-corrected chi connectivity index (χ2v) is 7.52. The van der Waals surface area contributed by atoms with Gasteiger partial charge in [0.1, 0.15) is 5.01 Å². The minimum atomic E-state index is -0.836. The van der Waals surface area contributed by atoms with Crippen LogP contribution in [0.3, 0.4) is 0 Å². The van der Waals surface area contributed by atoms with Crippen molar-refractivity contribution < 1.29 is 14.7 Å². The molecule has 1 aromatic rings. The van der Waals surface area contributed by atoms with Crippen molar-refractivity contribution in [3.63, 3.8) is 0 Å². The summed E-state index contributed by atoms with van der Waals surface area (Å²) in [7, 11) is 0. The predicted molar refractivity (Wildman–Crippen MR) is 82.8 cm³/mol. The van der Waals surface area contributed by atoms with Gasteiger partial charge in [-0.05, 0) is 39.0 Å². The van der Waals surface area contributed by atoms with Crippen LogP contribution in [-0.4, -0.2) is 40.1 Å². The van der Waals surface area contributed by atoms with Gasteiger partial charge in [-0.1, -0.05) is 0 Å². The first kappa shape index (κ1) is 15.3. The van der Waals surface area contributed by atoms with Crippen LogP contribution in [0.15, 0.2) is 5.38 Å². The third-order valence-corrected chi connectivity index (χ3v) is 5.60. The van der Waals surface area contributed by atoms with Gasteiger partial charge in [0, 0.05) is 24.2 Å². The van der Waals surface area contributed by atoms with Gasteiger partial charge in [-0.3, -0.25) is 4.79 Å². The van der Waals surface area contributed by atoms with E-state index < -0.39 is 11.4 Å². The van der Waals surface area contributed by atoms with Gasteiger partial charge in [-0.2, -0.15) is 0 Å². The molecule has 0 bridgehead atoms. The predicted octanol–water partition coefficient (Wildman–Crippen LogP) is 2.41. The van der Waals surface area contributed by atoms with Crippen molar-refractivity contribution in [3.05, 3.63) is 16.1 Å². The molecule has 6 nitrogen and oxygen atoms in total. The molecule has 0 aromatic carbocycles. The van der Waals surface area contributed by atoms with Crippen LogP contribution in [0.2, 0.25) is 0 Å². The van der Waals surface area contributed by atoms with Crippen LogP contribution in [0.25, 0.3) is 0 Å². The molecule has 120 valence electrons. The quantitative estimate of drug-likeness (QED) is 0.891. The number of aromatic nitrogens is 1. The van der Waals surface area contributed by atoms with E-state index in [1.807, 2.05) is 12.3 Å². The number of carboxylic acids is 1. The zero-order valence-corrected chi connectivity index (χ0v) is 13.7. The lowest BCUT2D eigenvalue weighted by Crippen LogP contribution is -2.42. The number of rotatable bonds is 4. The van der Waals surface area contributed by atoms with E-state index in [9.17, 15) is 14.7 Å². The Bertz CT molecular complexity index is 599. The minimum Gasteiger partial charge on any atom is -0.481 e. The second-order valence-electron chi connectivity index (χ2n) is 6.63. The number of carbonyl (C=O) groups is 2. The standard InChI is InChI=1S/C15H21N3O3S/c1-9-7-22-12(16-9)11(10-3-4-10)17-14(21)18-6-5-15(2,8-18)13(19)20/h7,10-11H,3-6,8H2,1-2H3,(H,17,21)(H,19,20). The first-order valence-electron chi connectivity index (χ1n) is 7.60. The summed E-state index contributed by atoms with van der Waals surface area (Å²) in [5.41, 5.74) is 0.143. The molecule has 3 rings (SSSR count). The number of nitrogens with zero attached hydrogens (tertiary/aromatic N) is 2. The highest BCUT2D eigenvalue weighted by atomic mass is 32.1. The fourth-order valence-electron chi connectivity index (χ4n) is 2.86. The fourth-order valence-corrected chi connectivity index (χ4v) is 3.80. The first-order chi connectivity index (χ1) is 10.4. The van der Waals surface area contributed by atoms with Crippen molar-refractivity contribution in [2.24, 2.45) is 11.3 Å². The Balaban J connectivity index is 1.66. The van der Waals surface area contributed by atoms with Crippen molar-refractivity contribution in [3.8, 4) is 0 Å². The van der Waals surface area contributed by atoms with E-state index in [2.05, 4.69) is 10.3 Å². The molecule has 0 radical (unpaired) electrons. The molecule has 1 saturated carbocycles. The first-order valence-corrected chi connectivity index (χ1v) is 8.48. The Morgan fingerprint density at radius 3 is 2.77 bits per heavy atom. The molecular formula is C15H21N3O3S. The third-order valence-electron chi connectivity index (χ3n) is 4.55. The Morgan fingerprint density at radius 2 is 2.27 bits per heavy atom. The van der Waals surface area contributed by atoms with Gasteiger partial charge < -0.3 is 15.3 Å². The average molecular weight is 323 g/mol. The van der Waals surface area contributed by atoms with Gasteiger partial charge in [-0.25, -0.2) is 9.78 Å². The van der Waals surface area contributed by atoms with Crippen LogP contribution in [0.1, 0.15) is 42.9 Å². The second kappa shape index (κ2) is 5.53. The SMILES string of the molecule is Cc1csc(C(NC(=O)N2CCC(C)(C(=O)O)C2)C2CC2)n1. The molecule has 2 aliphatic rings. The molecule has 2 N–H and O–H groups in total. The van der Waals surface area contributed by atoms with E-state index in [4.69, 9.17) is 0 Å². The van der Waals surface area contributed by atoms with E-state index in [0.717, 1.165) is 23.5 Å². The largest absolute Gasteiger partial charge is 0.481 e. The van der Waals surface area contributed by atoms with Gasteiger partial charge in [0.25, 0.3) is 0 Å². The number of urea groups is 1. The third kappa shape index (κ3) is 2.95. The molecule has 2 fully saturated rings. The summed E-state index contributed by atoms with van der Waals surface area (Å²) in [6.45, 7) is 4.40. The number of hydrogen-bond donors (Lipinski definition) is 2. The number of thiazole rings is 1. The molecule has 1 aromatic heterocycles. The zero-order valence-electron chi connectivity index (χ0n) is 12.8. The highest BCUT2D eigenvalue weighted by Gasteiger charge is 2.43. The van der Waals surface area contributed by atoms with E-state index in [1.54, 1.807) is 23.2 Å². The van der Waals surface area contributed by atoms with Crippen molar-refractivity contribution >= 4 is 23.3 Å². The van der Waals surface area contributed by atoms with Gasteiger partial charge in [-0.15, -0.1) is 11.3 Å². The molecule has 22 heavy (non-hydrogen) atoms. The lowest BCUT2D eigenvalue weighted by atomic mass is 9.90. The number of amides is 2. The number of carbonyl (C=O) groups excluding carboxylic acids is 1. The maximum Gasteiger partial charge on any atom is 0.318 e. The van der Waals surface area contributed by atoms with Crippen LogP contribution in [0.5, 0.6) is 0 Å². The molecule has 1 saturated heterocycles. The molecule has 1 aliphatic heterocycles. The van der Waals surface area contributed by atoms with E-state index in [-0.39, 0.29) is 18.6 Å². The normalized spacial score (nSPS) is 26.0. The Labute approximate surface area is 133 Å². The number of carboxylic acid groups (broad SMARTS) is 1. The number of likely N-dealkylation sites (tertiary alicyclic amines) is 1. The minimum absolute atomic E-state index is 0.0390. The number of aryl methyl sites for hydroxylation is 1. The molecule has 1 aliphatic carbocycles. The highest BCUT2D eigenvalue weighted by molar-refractivity contribution is 7.09. The lowest BCUT2D eigenvalue weighted by molar-refractivity contribution is -0.147. The molecular weight excluding hydrogens is 302 g/mol. The fraction of sp³-hybridized carbons (Fsp3) is 0.667. The van der Waals surface area contributed by atoms with Crippen molar-refractivity contribution in [1.29, 1.82) is 0 Å². The van der Waals surface area contributed by atoms with Crippen LogP contribution < -0.4 is 5.32 Å². The summed E-state index contributed by atoms with van der Waals surface area (Å²) >= 11 is 1.58. The van der Waals surface area contributed by atoms with E-state index >= 15 is 0 Å². The van der Waals surface area contributed by atoms with Gasteiger partial charge in [0.05, 0.1) is 11.5 Å². The lowest BCUT2D eigenvalue weighted by Gasteiger charge is -2.23. The van der Waals surface area contributed by atoms with Crippen LogP contribution >= 0.6 is 11.3 Å². The smallest absolute Gasteiger partial charge is 0.318 e. The van der Waals surface area contributed by atoms with Crippen molar-refractivity contribution in [1.82, 2.24) is 15.2 Å². The van der Waals surface area contributed by atoms with E-state index in [1.165, 1.54) is 0 Å². The van der Waals surface area contributed by atoms with Crippen LogP contribution in [-0.2, 0) is 4.79 Å². The Hall–Kier alpha value is -1.63. The summed E-state index contributed by atoms with van der Waals surface area (Å²) < 4.78 is 0. The number of aliphatic carboxylic acids is 1. The maximum absolute atomic E-state index is 12.5. The van der Waals surface area contributed by atoms with Crippen LogP contribution in [0.4, 0.5) is 4.79 Å². The monoisotopic (exact) mass is 323 g/mol. The Kier molecular flexibility index (Phi) is 3.84. The number of hydrogen-bond acceptors (Lipinski definition) is 4. The average Bonchev–Trinajstić information content (AvgIpc) is 3.08. The summed E-state index contributed by atoms with van der Waals surface area (Å²) in [4.78, 5) is 29.9. The Morgan fingerprint density at radius 1 is 1.55 bits per heavy atom. The highest BCUT2D eigenvalue weighted by Crippen LogP contribution is 2.42. The molecule has 2 atom stereocenters. The summed E-state index contributed by atoms with van der Waals surface area (Å²) in [5.74, 6) is -0.375. The molecule has 7 heteroatoms. The molecule has 2 unspecified atom stereocenters. The summed E-state index contributed by atoms with van der Waals surface area (Å²) in [6.07, 6.45) is 2.72. The number of nitrogens with one attached hydrogen (secondary N) is 1. The van der Waals surface area contributed by atoms with Crippen molar-refractivity contribution in [2.45, 2.75) is 39.2 Å². The van der Waals surface area contributed by atoms with E-state index in [0.29, 0.717) is 18.9 Å². The van der Waals surface area contributed by atoms with Crippen LogP contribution in [0, 0.1) is 18.3 Å².